The van der Waals surface area contributed by atoms with E-state index in [2.05, 4.69) is 15.9 Å². The number of alkyl halides is 1. The van der Waals surface area contributed by atoms with Crippen LogP contribution in [0.3, 0.4) is 0 Å². The van der Waals surface area contributed by atoms with Crippen molar-refractivity contribution in [2.24, 2.45) is 0 Å². The maximum Gasteiger partial charge on any atom is 0.178 e. The van der Waals surface area contributed by atoms with E-state index in [0.717, 1.165) is 0 Å². The van der Waals surface area contributed by atoms with Crippen LogP contribution in [0.2, 0.25) is 0 Å². The van der Waals surface area contributed by atoms with E-state index >= 15 is 0 Å². The Morgan fingerprint density at radius 1 is 1.44 bits per heavy atom. The molecule has 0 aliphatic carbocycles. The molecule has 5 heteroatoms. The van der Waals surface area contributed by atoms with Gasteiger partial charge in [-0.05, 0) is 30.2 Å². The first-order valence-electron chi connectivity index (χ1n) is 4.87. The van der Waals surface area contributed by atoms with Crippen LogP contribution in [-0.2, 0) is 16.3 Å². The molecule has 0 aliphatic rings. The highest BCUT2D eigenvalue weighted by Gasteiger charge is 2.16. The molecule has 1 aromatic rings. The molecule has 16 heavy (non-hydrogen) atoms. The van der Waals surface area contributed by atoms with Crippen LogP contribution in [0.15, 0.2) is 23.1 Å². The van der Waals surface area contributed by atoms with Crippen molar-refractivity contribution >= 4 is 25.8 Å². The Morgan fingerprint density at radius 2 is 2.12 bits per heavy atom. The van der Waals surface area contributed by atoms with E-state index in [0.29, 0.717) is 27.8 Å². The molecule has 0 saturated carbocycles. The lowest BCUT2D eigenvalue weighted by Crippen LogP contribution is -2.08. The maximum atomic E-state index is 11.8. The molecule has 0 fully saturated rings. The lowest BCUT2D eigenvalue weighted by atomic mass is 10.1. The zero-order valence-electron chi connectivity index (χ0n) is 8.90. The van der Waals surface area contributed by atoms with E-state index in [4.69, 9.17) is 5.26 Å². The number of hydrogen-bond donors (Lipinski definition) is 0. The van der Waals surface area contributed by atoms with Crippen molar-refractivity contribution in [2.45, 2.75) is 18.2 Å². The third-order valence-electron chi connectivity index (χ3n) is 2.27. The first-order chi connectivity index (χ1) is 7.55. The van der Waals surface area contributed by atoms with Crippen molar-refractivity contribution in [3.05, 3.63) is 29.3 Å². The Kier molecular flexibility index (Phi) is 4.51. The number of benzene rings is 1. The van der Waals surface area contributed by atoms with Crippen LogP contribution in [0.5, 0.6) is 0 Å². The van der Waals surface area contributed by atoms with Crippen LogP contribution in [0.4, 0.5) is 0 Å². The normalized spacial score (nSPS) is 11.1. The largest absolute Gasteiger partial charge is 0.224 e. The summed E-state index contributed by atoms with van der Waals surface area (Å²) in [5, 5.41) is 9.44. The molecule has 0 saturated heterocycles. The van der Waals surface area contributed by atoms with Crippen LogP contribution in [0.25, 0.3) is 0 Å². The highest BCUT2D eigenvalue weighted by Crippen LogP contribution is 2.20. The number of hydrogen-bond acceptors (Lipinski definition) is 3. The predicted octanol–water partition coefficient (Wildman–Crippen LogP) is 2.29. The van der Waals surface area contributed by atoms with Crippen LogP contribution in [-0.4, -0.2) is 19.5 Å². The maximum absolute atomic E-state index is 11.8. The van der Waals surface area contributed by atoms with Crippen molar-refractivity contribution in [2.75, 3.05) is 11.1 Å². The monoisotopic (exact) mass is 301 g/mol. The molecule has 0 aromatic heterocycles. The van der Waals surface area contributed by atoms with Crippen molar-refractivity contribution in [3.8, 4) is 6.07 Å². The molecule has 3 nitrogen and oxygen atoms in total. The Balaban J connectivity index is 3.35. The average molecular weight is 302 g/mol. The number of nitriles is 1. The summed E-state index contributed by atoms with van der Waals surface area (Å²) in [7, 11) is -3.21. The van der Waals surface area contributed by atoms with E-state index in [-0.39, 0.29) is 5.75 Å². The van der Waals surface area contributed by atoms with Gasteiger partial charge in [-0.1, -0.05) is 22.9 Å². The summed E-state index contributed by atoms with van der Waals surface area (Å²) in [4.78, 5) is 0.341. The van der Waals surface area contributed by atoms with Crippen molar-refractivity contribution in [1.29, 1.82) is 5.26 Å². The first-order valence-corrected chi connectivity index (χ1v) is 7.64. The minimum atomic E-state index is -3.21. The van der Waals surface area contributed by atoms with Gasteiger partial charge in [0.15, 0.2) is 9.84 Å². The summed E-state index contributed by atoms with van der Waals surface area (Å²) in [5.41, 5.74) is 1.20. The van der Waals surface area contributed by atoms with E-state index in [9.17, 15) is 8.42 Å². The Hall–Kier alpha value is -0.860. The second-order valence-corrected chi connectivity index (χ2v) is 6.32. The molecule has 0 amide bonds. The molecule has 1 aromatic carbocycles. The highest BCUT2D eigenvalue weighted by atomic mass is 79.9. The predicted molar refractivity (Wildman–Crippen MR) is 66.4 cm³/mol. The fourth-order valence-electron chi connectivity index (χ4n) is 1.41. The molecule has 0 heterocycles. The van der Waals surface area contributed by atoms with Crippen LogP contribution >= 0.6 is 15.9 Å². The molecule has 0 N–H and O–H groups in total. The molecular formula is C11H12BrNO2S. The summed E-state index contributed by atoms with van der Waals surface area (Å²) in [6, 6.07) is 6.72. The molecule has 86 valence electrons. The van der Waals surface area contributed by atoms with E-state index in [1.165, 1.54) is 6.07 Å². The summed E-state index contributed by atoms with van der Waals surface area (Å²) in [6.07, 6.45) is 0.601. The minimum absolute atomic E-state index is 0.0776. The van der Waals surface area contributed by atoms with Gasteiger partial charge in [0.25, 0.3) is 0 Å². The summed E-state index contributed by atoms with van der Waals surface area (Å²) >= 11 is 3.28. The second-order valence-electron chi connectivity index (χ2n) is 3.28. The van der Waals surface area contributed by atoms with E-state index in [1.54, 1.807) is 19.1 Å². The molecule has 0 spiro atoms. The zero-order chi connectivity index (χ0) is 12.2. The standard InChI is InChI=1S/C11H12BrNO2S/c1-2-16(14,15)11-4-3-9(8-13)7-10(11)5-6-12/h3-4,7H,2,5-6H2,1H3. The average Bonchev–Trinajstić information content (AvgIpc) is 2.29. The smallest absolute Gasteiger partial charge is 0.178 e. The number of nitrogens with zero attached hydrogens (tertiary/aromatic N) is 1. The lowest BCUT2D eigenvalue weighted by molar-refractivity contribution is 0.596. The highest BCUT2D eigenvalue weighted by molar-refractivity contribution is 9.09. The van der Waals surface area contributed by atoms with Gasteiger partial charge in [0, 0.05) is 5.33 Å². The van der Waals surface area contributed by atoms with Gasteiger partial charge in [0.2, 0.25) is 0 Å². The fourth-order valence-corrected chi connectivity index (χ4v) is 2.98. The SMILES string of the molecule is CCS(=O)(=O)c1ccc(C#N)cc1CCBr. The quantitative estimate of drug-likeness (QED) is 0.802. The molecule has 0 aliphatic heterocycles. The van der Waals surface area contributed by atoms with Crippen LogP contribution in [0.1, 0.15) is 18.1 Å². The van der Waals surface area contributed by atoms with Gasteiger partial charge >= 0.3 is 0 Å². The molecule has 0 unspecified atom stereocenters. The van der Waals surface area contributed by atoms with Gasteiger partial charge in [-0.2, -0.15) is 5.26 Å². The van der Waals surface area contributed by atoms with Gasteiger partial charge in [0.05, 0.1) is 22.3 Å². The second kappa shape index (κ2) is 5.46. The third-order valence-corrected chi connectivity index (χ3v) is 4.49. The molecule has 0 bridgehead atoms. The first kappa shape index (κ1) is 13.2. The van der Waals surface area contributed by atoms with Crippen molar-refractivity contribution in [3.63, 3.8) is 0 Å². The minimum Gasteiger partial charge on any atom is -0.224 e. The van der Waals surface area contributed by atoms with Gasteiger partial charge in [-0.3, -0.25) is 0 Å². The van der Waals surface area contributed by atoms with Crippen LogP contribution in [0, 0.1) is 11.3 Å². The zero-order valence-corrected chi connectivity index (χ0v) is 11.3. The molecular weight excluding hydrogens is 290 g/mol. The Morgan fingerprint density at radius 3 is 2.62 bits per heavy atom. The summed E-state index contributed by atoms with van der Waals surface area (Å²) < 4.78 is 23.6. The Labute approximate surface area is 104 Å². The van der Waals surface area contributed by atoms with Gasteiger partial charge in [-0.25, -0.2) is 8.42 Å². The number of sulfone groups is 1. The van der Waals surface area contributed by atoms with Crippen molar-refractivity contribution < 1.29 is 8.42 Å². The van der Waals surface area contributed by atoms with Gasteiger partial charge < -0.3 is 0 Å². The third kappa shape index (κ3) is 2.83. The van der Waals surface area contributed by atoms with Gasteiger partial charge in [0.1, 0.15) is 0 Å². The van der Waals surface area contributed by atoms with Crippen molar-refractivity contribution in [1.82, 2.24) is 0 Å². The number of aryl methyl sites for hydroxylation is 1. The lowest BCUT2D eigenvalue weighted by Gasteiger charge is -2.08. The van der Waals surface area contributed by atoms with E-state index < -0.39 is 9.84 Å². The van der Waals surface area contributed by atoms with Gasteiger partial charge in [-0.15, -0.1) is 0 Å². The van der Waals surface area contributed by atoms with Crippen LogP contribution < -0.4 is 0 Å². The van der Waals surface area contributed by atoms with E-state index in [1.807, 2.05) is 6.07 Å². The molecule has 1 rings (SSSR count). The topological polar surface area (TPSA) is 57.9 Å². The number of halogens is 1. The summed E-state index contributed by atoms with van der Waals surface area (Å²) in [5.74, 6) is 0.0776. The summed E-state index contributed by atoms with van der Waals surface area (Å²) in [6.45, 7) is 1.62. The Bertz CT molecular complexity index is 517. The molecule has 0 radical (unpaired) electrons. The molecule has 0 atom stereocenters. The fraction of sp³-hybridized carbons (Fsp3) is 0.364. The number of rotatable bonds is 4.